The van der Waals surface area contributed by atoms with E-state index in [0.717, 1.165) is 31.5 Å². The summed E-state index contributed by atoms with van der Waals surface area (Å²) in [6.07, 6.45) is 2.64. The molecule has 0 bridgehead atoms. The molecule has 2 aliphatic rings. The molecule has 0 radical (unpaired) electrons. The van der Waals surface area contributed by atoms with Gasteiger partial charge in [0.2, 0.25) is 5.91 Å². The number of likely N-dealkylation sites (tertiary alicyclic amines) is 1. The van der Waals surface area contributed by atoms with Crippen molar-refractivity contribution in [3.63, 3.8) is 0 Å². The Morgan fingerprint density at radius 2 is 2.00 bits per heavy atom. The summed E-state index contributed by atoms with van der Waals surface area (Å²) >= 11 is 11.9. The van der Waals surface area contributed by atoms with Crippen LogP contribution in [0, 0.1) is 11.8 Å². The molecule has 3 atom stereocenters. The van der Waals surface area contributed by atoms with Crippen LogP contribution >= 0.6 is 35.6 Å². The van der Waals surface area contributed by atoms with Gasteiger partial charge in [-0.15, -0.1) is 12.4 Å². The van der Waals surface area contributed by atoms with Crippen LogP contribution in [0.25, 0.3) is 0 Å². The minimum absolute atomic E-state index is 0. The lowest BCUT2D eigenvalue weighted by Crippen LogP contribution is -2.34. The van der Waals surface area contributed by atoms with E-state index in [-0.39, 0.29) is 24.4 Å². The van der Waals surface area contributed by atoms with E-state index in [1.165, 1.54) is 0 Å². The van der Waals surface area contributed by atoms with Crippen molar-refractivity contribution in [1.29, 1.82) is 0 Å². The average Bonchev–Trinajstić information content (AvgIpc) is 2.97. The van der Waals surface area contributed by atoms with Gasteiger partial charge in [-0.2, -0.15) is 0 Å². The second-order valence-corrected chi connectivity index (χ2v) is 6.70. The van der Waals surface area contributed by atoms with Crippen LogP contribution < -0.4 is 5.73 Å². The predicted octanol–water partition coefficient (Wildman–Crippen LogP) is 3.15. The van der Waals surface area contributed by atoms with Gasteiger partial charge in [-0.3, -0.25) is 4.79 Å². The zero-order valence-corrected chi connectivity index (χ0v) is 13.9. The number of carbonyl (C=O) groups is 1. The quantitative estimate of drug-likeness (QED) is 0.891. The van der Waals surface area contributed by atoms with Crippen LogP contribution in [-0.4, -0.2) is 29.9 Å². The second kappa shape index (κ2) is 6.74. The van der Waals surface area contributed by atoms with E-state index in [4.69, 9.17) is 28.9 Å². The molecule has 116 valence electrons. The smallest absolute Gasteiger partial charge is 0.227 e. The third-order valence-electron chi connectivity index (χ3n) is 4.60. The lowest BCUT2D eigenvalue weighted by molar-refractivity contribution is -0.129. The van der Waals surface area contributed by atoms with E-state index in [0.29, 0.717) is 28.3 Å². The lowest BCUT2D eigenvalue weighted by Gasteiger charge is -2.19. The molecule has 3 rings (SSSR count). The summed E-state index contributed by atoms with van der Waals surface area (Å²) in [4.78, 5) is 14.3. The van der Waals surface area contributed by atoms with Gasteiger partial charge in [-0.25, -0.2) is 0 Å². The van der Waals surface area contributed by atoms with Crippen LogP contribution in [0.3, 0.4) is 0 Å². The summed E-state index contributed by atoms with van der Waals surface area (Å²) in [6, 6.07) is 5.63. The predicted molar refractivity (Wildman–Crippen MR) is 88.2 cm³/mol. The molecule has 1 heterocycles. The summed E-state index contributed by atoms with van der Waals surface area (Å²) in [7, 11) is 0. The van der Waals surface area contributed by atoms with Gasteiger partial charge in [-0.05, 0) is 42.4 Å². The Morgan fingerprint density at radius 3 is 2.67 bits per heavy atom. The maximum Gasteiger partial charge on any atom is 0.227 e. The normalized spacial score (nSPS) is 27.4. The second-order valence-electron chi connectivity index (χ2n) is 5.89. The van der Waals surface area contributed by atoms with Crippen LogP contribution in [0.2, 0.25) is 10.0 Å². The number of amides is 1. The molecule has 1 aliphatic heterocycles. The molecule has 0 spiro atoms. The van der Waals surface area contributed by atoms with Gasteiger partial charge in [-0.1, -0.05) is 29.3 Å². The van der Waals surface area contributed by atoms with Gasteiger partial charge < -0.3 is 10.6 Å². The number of halogens is 3. The third kappa shape index (κ3) is 3.48. The van der Waals surface area contributed by atoms with Crippen molar-refractivity contribution >= 4 is 41.5 Å². The number of nitrogens with zero attached hydrogens (tertiary/aromatic N) is 1. The topological polar surface area (TPSA) is 46.3 Å². The van der Waals surface area contributed by atoms with E-state index in [1.54, 1.807) is 12.1 Å². The van der Waals surface area contributed by atoms with Gasteiger partial charge in [0, 0.05) is 19.1 Å². The van der Waals surface area contributed by atoms with Crippen LogP contribution in [0.15, 0.2) is 18.2 Å². The summed E-state index contributed by atoms with van der Waals surface area (Å²) in [5.41, 5.74) is 7.01. The van der Waals surface area contributed by atoms with Gasteiger partial charge in [0.15, 0.2) is 0 Å². The first-order chi connectivity index (χ1) is 9.54. The van der Waals surface area contributed by atoms with Crippen LogP contribution in [0.1, 0.15) is 18.4 Å². The van der Waals surface area contributed by atoms with Gasteiger partial charge in [0.1, 0.15) is 0 Å². The molecular weight excluding hydrogens is 331 g/mol. The van der Waals surface area contributed by atoms with Crippen molar-refractivity contribution in [2.24, 2.45) is 17.6 Å². The molecule has 6 heteroatoms. The maximum atomic E-state index is 12.4. The van der Waals surface area contributed by atoms with Crippen LogP contribution in [-0.2, 0) is 11.2 Å². The monoisotopic (exact) mass is 348 g/mol. The van der Waals surface area contributed by atoms with Crippen LogP contribution in [0.4, 0.5) is 0 Å². The molecule has 21 heavy (non-hydrogen) atoms. The van der Waals surface area contributed by atoms with E-state index in [9.17, 15) is 4.79 Å². The molecule has 0 aromatic heterocycles. The first-order valence-electron chi connectivity index (χ1n) is 7.02. The third-order valence-corrected chi connectivity index (χ3v) is 5.34. The number of hydrogen-bond acceptors (Lipinski definition) is 2. The number of nitrogens with two attached hydrogens (primary N) is 1. The molecule has 1 saturated carbocycles. The summed E-state index contributed by atoms with van der Waals surface area (Å²) in [5.74, 6) is 1.25. The summed E-state index contributed by atoms with van der Waals surface area (Å²) in [5, 5.41) is 1.02. The van der Waals surface area contributed by atoms with Crippen LogP contribution in [0.5, 0.6) is 0 Å². The minimum atomic E-state index is 0. The van der Waals surface area contributed by atoms with Crippen molar-refractivity contribution < 1.29 is 4.79 Å². The van der Waals surface area contributed by atoms with E-state index >= 15 is 0 Å². The highest BCUT2D eigenvalue weighted by molar-refractivity contribution is 6.42. The Bertz CT molecular complexity index is 538. The lowest BCUT2D eigenvalue weighted by atomic mass is 9.98. The molecule has 3 unspecified atom stereocenters. The zero-order valence-electron chi connectivity index (χ0n) is 11.6. The van der Waals surface area contributed by atoms with Crippen molar-refractivity contribution in [3.8, 4) is 0 Å². The first kappa shape index (κ1) is 16.9. The average molecular weight is 350 g/mol. The fourth-order valence-electron chi connectivity index (χ4n) is 3.45. The van der Waals surface area contributed by atoms with Gasteiger partial charge >= 0.3 is 0 Å². The minimum Gasteiger partial charge on any atom is -0.342 e. The van der Waals surface area contributed by atoms with E-state index < -0.39 is 0 Å². The molecule has 3 nitrogen and oxygen atoms in total. The largest absolute Gasteiger partial charge is 0.342 e. The Hall–Kier alpha value is -0.480. The molecule has 1 saturated heterocycles. The van der Waals surface area contributed by atoms with Crippen molar-refractivity contribution in [1.82, 2.24) is 4.90 Å². The molecule has 1 amide bonds. The molecule has 2 fully saturated rings. The van der Waals surface area contributed by atoms with Gasteiger partial charge in [0.05, 0.1) is 16.5 Å². The molecule has 1 aromatic rings. The standard InChI is InChI=1S/C15H18Cl2N2O.ClH/c16-12-3-1-9(5-13(12)17)6-15(20)19-7-10-2-4-14(18)11(10)8-19;/h1,3,5,10-11,14H,2,4,6-8,18H2;1H. The molecule has 1 aliphatic carbocycles. The summed E-state index contributed by atoms with van der Waals surface area (Å²) < 4.78 is 0. The zero-order chi connectivity index (χ0) is 14.3. The number of hydrogen-bond donors (Lipinski definition) is 1. The Labute approximate surface area is 141 Å². The maximum absolute atomic E-state index is 12.4. The van der Waals surface area contributed by atoms with E-state index in [1.807, 2.05) is 11.0 Å². The Kier molecular flexibility index (Phi) is 5.42. The molecular formula is C15H19Cl3N2O. The Balaban J connectivity index is 0.00000161. The summed E-state index contributed by atoms with van der Waals surface area (Å²) in [6.45, 7) is 1.67. The number of fused-ring (bicyclic) bond motifs is 1. The Morgan fingerprint density at radius 1 is 1.24 bits per heavy atom. The van der Waals surface area contributed by atoms with Crippen molar-refractivity contribution in [2.75, 3.05) is 13.1 Å². The first-order valence-corrected chi connectivity index (χ1v) is 7.77. The molecule has 2 N–H and O–H groups in total. The number of rotatable bonds is 2. The van der Waals surface area contributed by atoms with E-state index in [2.05, 4.69) is 0 Å². The fourth-order valence-corrected chi connectivity index (χ4v) is 3.77. The SMILES string of the molecule is Cl.NC1CCC2CN(C(=O)Cc3ccc(Cl)c(Cl)c3)CC12. The highest BCUT2D eigenvalue weighted by atomic mass is 35.5. The van der Waals surface area contributed by atoms with Crippen molar-refractivity contribution in [2.45, 2.75) is 25.3 Å². The van der Waals surface area contributed by atoms with Gasteiger partial charge in [0.25, 0.3) is 0 Å². The highest BCUT2D eigenvalue weighted by Gasteiger charge is 2.42. The number of carbonyl (C=O) groups excluding carboxylic acids is 1. The van der Waals surface area contributed by atoms with Crippen molar-refractivity contribution in [3.05, 3.63) is 33.8 Å². The molecule has 1 aromatic carbocycles. The fraction of sp³-hybridized carbons (Fsp3) is 0.533. The number of benzene rings is 1. The highest BCUT2D eigenvalue weighted by Crippen LogP contribution is 2.37.